The normalized spacial score (nSPS) is 43.8. The maximum absolute atomic E-state index is 13.8. The number of hydrogen-bond donors (Lipinski definition) is 3. The Bertz CT molecular complexity index is 980. The quantitative estimate of drug-likeness (QED) is 0.301. The first-order chi connectivity index (χ1) is 19.2. The van der Waals surface area contributed by atoms with Crippen molar-refractivity contribution in [1.82, 2.24) is 5.32 Å². The van der Waals surface area contributed by atoms with Crippen molar-refractivity contribution in [3.63, 3.8) is 0 Å². The Morgan fingerprint density at radius 2 is 1.49 bits per heavy atom. The van der Waals surface area contributed by atoms with Crippen LogP contribution in [0.1, 0.15) is 132 Å². The van der Waals surface area contributed by atoms with Crippen molar-refractivity contribution in [2.24, 2.45) is 63.6 Å². The van der Waals surface area contributed by atoms with Gasteiger partial charge < -0.3 is 15.5 Å². The highest BCUT2D eigenvalue weighted by molar-refractivity contribution is 5.88. The van der Waals surface area contributed by atoms with Crippen molar-refractivity contribution in [3.8, 4) is 0 Å². The Hall–Kier alpha value is -1.59. The summed E-state index contributed by atoms with van der Waals surface area (Å²) in [4.78, 5) is 35.0. The van der Waals surface area contributed by atoms with Crippen molar-refractivity contribution in [2.75, 3.05) is 0 Å². The third-order valence-electron chi connectivity index (χ3n) is 13.5. The molecule has 5 saturated carbocycles. The summed E-state index contributed by atoms with van der Waals surface area (Å²) >= 11 is 0. The molecule has 5 rings (SSSR count). The highest BCUT2D eigenvalue weighted by Gasteiger charge is 2.67. The summed E-state index contributed by atoms with van der Waals surface area (Å²) in [5.74, 6) is 3.89. The second-order valence-electron chi connectivity index (χ2n) is 15.8. The van der Waals surface area contributed by atoms with Gasteiger partial charge in [0, 0.05) is 6.42 Å². The van der Waals surface area contributed by atoms with E-state index in [1.807, 2.05) is 6.92 Å². The van der Waals surface area contributed by atoms with Gasteiger partial charge in [-0.3, -0.25) is 14.4 Å². The van der Waals surface area contributed by atoms with Crippen molar-refractivity contribution in [3.05, 3.63) is 0 Å². The molecule has 234 valence electrons. The highest BCUT2D eigenvalue weighted by Crippen LogP contribution is 2.72. The molecule has 0 aromatic carbocycles. The zero-order valence-corrected chi connectivity index (χ0v) is 27.0. The molecular formula is C35H59NO5. The Labute approximate surface area is 249 Å². The molecule has 0 aliphatic heterocycles. The summed E-state index contributed by atoms with van der Waals surface area (Å²) in [6.45, 7) is 16.0. The summed E-state index contributed by atoms with van der Waals surface area (Å²) in [5, 5.41) is 20.3. The van der Waals surface area contributed by atoms with Gasteiger partial charge in [-0.25, -0.2) is 0 Å². The number of aliphatic carboxylic acids is 2. The van der Waals surface area contributed by atoms with Crippen LogP contribution in [0.3, 0.4) is 0 Å². The molecule has 6 nitrogen and oxygen atoms in total. The second kappa shape index (κ2) is 12.2. The fourth-order valence-electron chi connectivity index (χ4n) is 11.8. The first kappa shape index (κ1) is 32.3. The molecule has 0 heterocycles. The van der Waals surface area contributed by atoms with E-state index >= 15 is 0 Å². The number of carboxylic acids is 2. The van der Waals surface area contributed by atoms with E-state index < -0.39 is 18.0 Å². The van der Waals surface area contributed by atoms with Crippen LogP contribution in [0.15, 0.2) is 0 Å². The van der Waals surface area contributed by atoms with Gasteiger partial charge in [0.15, 0.2) is 0 Å². The first-order valence-electron chi connectivity index (χ1n) is 17.0. The van der Waals surface area contributed by atoms with Crippen LogP contribution in [0.25, 0.3) is 0 Å². The number of hydrogen-bond acceptors (Lipinski definition) is 3. The number of carbonyl (C=O) groups excluding carboxylic acids is 1. The molecule has 0 radical (unpaired) electrons. The number of rotatable bonds is 6. The van der Waals surface area contributed by atoms with E-state index in [9.17, 15) is 19.5 Å². The molecule has 41 heavy (non-hydrogen) atoms. The van der Waals surface area contributed by atoms with E-state index in [0.29, 0.717) is 40.9 Å². The van der Waals surface area contributed by atoms with E-state index in [4.69, 9.17) is 5.11 Å². The predicted octanol–water partition coefficient (Wildman–Crippen LogP) is 7.79. The summed E-state index contributed by atoms with van der Waals surface area (Å²) in [6, 6.07) is -0.815. The zero-order valence-electron chi connectivity index (χ0n) is 27.0. The Morgan fingerprint density at radius 1 is 0.854 bits per heavy atom. The summed E-state index contributed by atoms with van der Waals surface area (Å²) in [6.07, 6.45) is 14.8. The number of carboxylic acid groups (broad SMARTS) is 2. The molecule has 5 fully saturated rings. The summed E-state index contributed by atoms with van der Waals surface area (Å²) < 4.78 is 0. The fraction of sp³-hybridized carbons (Fsp3) is 0.914. The van der Waals surface area contributed by atoms with Gasteiger partial charge in [0.2, 0.25) is 5.91 Å². The van der Waals surface area contributed by atoms with Crippen LogP contribution in [0, 0.1) is 63.6 Å². The SMILES string of the molecule is CC(NC(=O)C12CCC(C(C)C)C1C1CCC3C4(C)CCCC(C)C4CCC3(C)C1CC2)C(=O)O.CCCC(=O)O. The van der Waals surface area contributed by atoms with E-state index in [1.54, 1.807) is 6.92 Å². The van der Waals surface area contributed by atoms with Gasteiger partial charge in [0.1, 0.15) is 6.04 Å². The lowest BCUT2D eigenvalue weighted by Crippen LogP contribution is -2.62. The van der Waals surface area contributed by atoms with Crippen LogP contribution >= 0.6 is 0 Å². The Morgan fingerprint density at radius 3 is 2.07 bits per heavy atom. The van der Waals surface area contributed by atoms with Crippen LogP contribution in [0.2, 0.25) is 0 Å². The number of fused-ring (bicyclic) bond motifs is 7. The van der Waals surface area contributed by atoms with Gasteiger partial charge in [0.25, 0.3) is 0 Å². The van der Waals surface area contributed by atoms with Crippen LogP contribution in [0.4, 0.5) is 0 Å². The molecular weight excluding hydrogens is 514 g/mol. The molecule has 6 heteroatoms. The Balaban J connectivity index is 0.000000585. The number of carbonyl (C=O) groups is 3. The highest BCUT2D eigenvalue weighted by atomic mass is 16.4. The molecule has 3 N–H and O–H groups in total. The van der Waals surface area contributed by atoms with Crippen molar-refractivity contribution in [2.45, 2.75) is 138 Å². The first-order valence-corrected chi connectivity index (χ1v) is 17.0. The van der Waals surface area contributed by atoms with Gasteiger partial charge in [-0.05, 0) is 129 Å². The third-order valence-corrected chi connectivity index (χ3v) is 13.5. The molecule has 1 amide bonds. The molecule has 11 unspecified atom stereocenters. The third kappa shape index (κ3) is 5.59. The molecule has 0 bridgehead atoms. The van der Waals surface area contributed by atoms with Gasteiger partial charge >= 0.3 is 11.9 Å². The minimum Gasteiger partial charge on any atom is -0.481 e. The lowest BCUT2D eigenvalue weighted by molar-refractivity contribution is -0.190. The molecule has 0 aromatic heterocycles. The lowest BCUT2D eigenvalue weighted by Gasteiger charge is -2.67. The van der Waals surface area contributed by atoms with Crippen molar-refractivity contribution >= 4 is 17.8 Å². The summed E-state index contributed by atoms with van der Waals surface area (Å²) in [5.41, 5.74) is 0.529. The second-order valence-corrected chi connectivity index (χ2v) is 15.8. The minimum absolute atomic E-state index is 0.0445. The minimum atomic E-state index is -0.932. The van der Waals surface area contributed by atoms with Gasteiger partial charge in [-0.2, -0.15) is 0 Å². The molecule has 0 aromatic rings. The lowest BCUT2D eigenvalue weighted by atomic mass is 9.37. The van der Waals surface area contributed by atoms with E-state index in [2.05, 4.69) is 39.9 Å². The zero-order chi connectivity index (χ0) is 30.3. The number of nitrogens with one attached hydrogen (secondary N) is 1. The molecule has 0 spiro atoms. The standard InChI is InChI=1S/C31H51NO3.C4H8O2/c1-18(2)21-11-16-31(28(35)32-20(4)27(33)34)17-13-24-22(26(21)31)9-10-25-29(5)14-7-8-19(3)23(29)12-15-30(24,25)6;1-2-3-4(5)6/h18-26H,7-17H2,1-6H3,(H,32,35)(H,33,34);2-3H2,1H3,(H,5,6). The van der Waals surface area contributed by atoms with Gasteiger partial charge in [0.05, 0.1) is 5.41 Å². The van der Waals surface area contributed by atoms with Crippen LogP contribution in [0.5, 0.6) is 0 Å². The smallest absolute Gasteiger partial charge is 0.325 e. The topological polar surface area (TPSA) is 104 Å². The average Bonchev–Trinajstić information content (AvgIpc) is 3.30. The monoisotopic (exact) mass is 573 g/mol. The largest absolute Gasteiger partial charge is 0.481 e. The van der Waals surface area contributed by atoms with Crippen LogP contribution < -0.4 is 5.32 Å². The van der Waals surface area contributed by atoms with Crippen molar-refractivity contribution < 1.29 is 24.6 Å². The van der Waals surface area contributed by atoms with Gasteiger partial charge in [-0.15, -0.1) is 0 Å². The maximum atomic E-state index is 13.8. The van der Waals surface area contributed by atoms with E-state index in [1.165, 1.54) is 44.9 Å². The van der Waals surface area contributed by atoms with Crippen LogP contribution in [-0.2, 0) is 14.4 Å². The molecule has 5 aliphatic carbocycles. The van der Waals surface area contributed by atoms with E-state index in [0.717, 1.165) is 55.8 Å². The van der Waals surface area contributed by atoms with Crippen LogP contribution in [-0.4, -0.2) is 34.1 Å². The van der Waals surface area contributed by atoms with Gasteiger partial charge in [-0.1, -0.05) is 54.4 Å². The Kier molecular flexibility index (Phi) is 9.61. The average molecular weight is 574 g/mol. The maximum Gasteiger partial charge on any atom is 0.325 e. The van der Waals surface area contributed by atoms with E-state index in [-0.39, 0.29) is 11.3 Å². The van der Waals surface area contributed by atoms with Crippen molar-refractivity contribution in [1.29, 1.82) is 0 Å². The number of amides is 1. The summed E-state index contributed by atoms with van der Waals surface area (Å²) in [7, 11) is 0. The fourth-order valence-corrected chi connectivity index (χ4v) is 11.8. The molecule has 5 aliphatic rings. The molecule has 0 saturated heterocycles. The molecule has 11 atom stereocenters. The predicted molar refractivity (Wildman–Crippen MR) is 162 cm³/mol.